The molecule has 1 heterocycles. The van der Waals surface area contributed by atoms with Crippen molar-refractivity contribution in [2.45, 2.75) is 32.0 Å². The number of aromatic nitrogens is 3. The Kier molecular flexibility index (Phi) is 6.50. The number of hydrogen-bond donors (Lipinski definition) is 0. The molecule has 0 bridgehead atoms. The maximum absolute atomic E-state index is 8.83. The summed E-state index contributed by atoms with van der Waals surface area (Å²) in [6, 6.07) is 17.6. The zero-order valence-electron chi connectivity index (χ0n) is 15.6. The zero-order chi connectivity index (χ0) is 19.1. The molecule has 0 atom stereocenters. The minimum absolute atomic E-state index is 0.565. The fourth-order valence-electron chi connectivity index (χ4n) is 2.74. The molecule has 138 valence electrons. The molecular weight excluding hydrogens is 356 g/mol. The molecule has 0 aliphatic rings. The predicted molar refractivity (Wildman–Crippen MR) is 108 cm³/mol. The molecule has 0 N–H and O–H groups in total. The zero-order valence-corrected chi connectivity index (χ0v) is 16.4. The number of benzene rings is 2. The molecule has 1 aromatic heterocycles. The van der Waals surface area contributed by atoms with Crippen molar-refractivity contribution < 1.29 is 4.74 Å². The van der Waals surface area contributed by atoms with Gasteiger partial charge in [0.1, 0.15) is 5.75 Å². The van der Waals surface area contributed by atoms with E-state index in [0.717, 1.165) is 41.0 Å². The van der Waals surface area contributed by atoms with Gasteiger partial charge in [-0.2, -0.15) is 5.26 Å². The first-order valence-electron chi connectivity index (χ1n) is 8.97. The summed E-state index contributed by atoms with van der Waals surface area (Å²) in [4.78, 5) is 0. The highest BCUT2D eigenvalue weighted by Crippen LogP contribution is 2.25. The number of nitrogens with zero attached hydrogens (tertiary/aromatic N) is 4. The molecule has 3 aromatic rings. The maximum atomic E-state index is 8.83. The van der Waals surface area contributed by atoms with E-state index in [1.54, 1.807) is 23.9 Å². The first kappa shape index (κ1) is 19.0. The van der Waals surface area contributed by atoms with E-state index in [4.69, 9.17) is 10.00 Å². The molecule has 0 aliphatic carbocycles. The van der Waals surface area contributed by atoms with Crippen molar-refractivity contribution in [3.63, 3.8) is 0 Å². The Labute approximate surface area is 164 Å². The topological polar surface area (TPSA) is 63.7 Å². The van der Waals surface area contributed by atoms with Gasteiger partial charge in [0.2, 0.25) is 0 Å². The van der Waals surface area contributed by atoms with Crippen LogP contribution in [0.1, 0.15) is 24.5 Å². The Balaban J connectivity index is 1.63. The van der Waals surface area contributed by atoms with Crippen LogP contribution in [0.2, 0.25) is 0 Å². The third kappa shape index (κ3) is 4.89. The molecule has 0 spiro atoms. The van der Waals surface area contributed by atoms with Crippen LogP contribution >= 0.6 is 11.8 Å². The van der Waals surface area contributed by atoms with Crippen molar-refractivity contribution in [1.29, 1.82) is 5.26 Å². The van der Waals surface area contributed by atoms with Gasteiger partial charge in [-0.3, -0.25) is 0 Å². The summed E-state index contributed by atoms with van der Waals surface area (Å²) in [5.74, 6) is 2.46. The quantitative estimate of drug-likeness (QED) is 0.420. The molecule has 6 heteroatoms. The van der Waals surface area contributed by atoms with E-state index in [2.05, 4.69) is 52.9 Å². The Morgan fingerprint density at radius 3 is 2.67 bits per heavy atom. The summed E-state index contributed by atoms with van der Waals surface area (Å²) in [5.41, 5.74) is 2.94. The van der Waals surface area contributed by atoms with Crippen molar-refractivity contribution in [3.05, 3.63) is 59.7 Å². The van der Waals surface area contributed by atoms with E-state index in [1.807, 2.05) is 18.2 Å². The molecule has 0 radical (unpaired) electrons. The van der Waals surface area contributed by atoms with Gasteiger partial charge in [-0.25, -0.2) is 0 Å². The van der Waals surface area contributed by atoms with Crippen LogP contribution < -0.4 is 4.74 Å². The molecule has 0 fully saturated rings. The lowest BCUT2D eigenvalue weighted by molar-refractivity contribution is 0.344. The highest BCUT2D eigenvalue weighted by atomic mass is 32.2. The van der Waals surface area contributed by atoms with Gasteiger partial charge in [-0.1, -0.05) is 42.4 Å². The lowest BCUT2D eigenvalue weighted by atomic mass is 10.1. The normalized spacial score (nSPS) is 10.6. The Morgan fingerprint density at radius 2 is 1.96 bits per heavy atom. The van der Waals surface area contributed by atoms with Gasteiger partial charge in [0.25, 0.3) is 0 Å². The fourth-order valence-corrected chi connectivity index (χ4v) is 3.52. The van der Waals surface area contributed by atoms with Gasteiger partial charge in [0.15, 0.2) is 11.0 Å². The van der Waals surface area contributed by atoms with Gasteiger partial charge in [0, 0.05) is 17.9 Å². The standard InChI is InChI=1S/C21H22N4OS/c1-3-11-25-20(18-6-4-5-16(2)14-18)23-24-21(25)27-13-12-26-19-9-7-17(15-22)8-10-19/h4-10,14H,3,11-13H2,1-2H3. The summed E-state index contributed by atoms with van der Waals surface area (Å²) in [5, 5.41) is 18.6. The molecule has 5 nitrogen and oxygen atoms in total. The Morgan fingerprint density at radius 1 is 1.15 bits per heavy atom. The third-order valence-electron chi connectivity index (χ3n) is 4.01. The smallest absolute Gasteiger partial charge is 0.191 e. The molecule has 0 unspecified atom stereocenters. The van der Waals surface area contributed by atoms with Gasteiger partial charge >= 0.3 is 0 Å². The molecule has 0 saturated carbocycles. The summed E-state index contributed by atoms with van der Waals surface area (Å²) in [6.45, 7) is 5.69. The monoisotopic (exact) mass is 378 g/mol. The van der Waals surface area contributed by atoms with Crippen LogP contribution in [0.5, 0.6) is 5.75 Å². The van der Waals surface area contributed by atoms with Gasteiger partial charge in [-0.15, -0.1) is 10.2 Å². The average Bonchev–Trinajstić information content (AvgIpc) is 3.09. The SMILES string of the molecule is CCCn1c(SCCOc2ccc(C#N)cc2)nnc1-c1cccc(C)c1. The number of ether oxygens (including phenoxy) is 1. The highest BCUT2D eigenvalue weighted by Gasteiger charge is 2.13. The van der Waals surface area contributed by atoms with Crippen molar-refractivity contribution in [2.75, 3.05) is 12.4 Å². The second-order valence-electron chi connectivity index (χ2n) is 6.16. The van der Waals surface area contributed by atoms with Gasteiger partial charge in [-0.05, 0) is 43.7 Å². The van der Waals surface area contributed by atoms with Crippen molar-refractivity contribution >= 4 is 11.8 Å². The van der Waals surface area contributed by atoms with E-state index in [-0.39, 0.29) is 0 Å². The van der Waals surface area contributed by atoms with E-state index in [0.29, 0.717) is 12.2 Å². The Bertz CT molecular complexity index is 928. The first-order chi connectivity index (χ1) is 13.2. The molecule has 3 rings (SSSR count). The lowest BCUT2D eigenvalue weighted by Gasteiger charge is -2.10. The average molecular weight is 379 g/mol. The lowest BCUT2D eigenvalue weighted by Crippen LogP contribution is -2.05. The van der Waals surface area contributed by atoms with Gasteiger partial charge in [0.05, 0.1) is 18.2 Å². The van der Waals surface area contributed by atoms with Crippen LogP contribution in [0.25, 0.3) is 11.4 Å². The van der Waals surface area contributed by atoms with Crippen LogP contribution in [0.4, 0.5) is 0 Å². The number of thioether (sulfide) groups is 1. The fraction of sp³-hybridized carbons (Fsp3) is 0.286. The molecule has 0 saturated heterocycles. The maximum Gasteiger partial charge on any atom is 0.191 e. The molecular formula is C21H22N4OS. The van der Waals surface area contributed by atoms with Crippen LogP contribution in [0.3, 0.4) is 0 Å². The van der Waals surface area contributed by atoms with E-state index in [9.17, 15) is 0 Å². The summed E-state index contributed by atoms with van der Waals surface area (Å²) >= 11 is 1.65. The Hall–Kier alpha value is -2.78. The van der Waals surface area contributed by atoms with Crippen LogP contribution in [0.15, 0.2) is 53.7 Å². The minimum Gasteiger partial charge on any atom is -0.493 e. The van der Waals surface area contributed by atoms with Crippen molar-refractivity contribution in [3.8, 4) is 23.2 Å². The third-order valence-corrected chi connectivity index (χ3v) is 4.94. The van der Waals surface area contributed by atoms with E-state index >= 15 is 0 Å². The van der Waals surface area contributed by atoms with Crippen molar-refractivity contribution in [2.24, 2.45) is 0 Å². The van der Waals surface area contributed by atoms with Crippen LogP contribution in [-0.4, -0.2) is 27.1 Å². The summed E-state index contributed by atoms with van der Waals surface area (Å²) < 4.78 is 7.93. The number of rotatable bonds is 8. The minimum atomic E-state index is 0.565. The number of hydrogen-bond acceptors (Lipinski definition) is 5. The highest BCUT2D eigenvalue weighted by molar-refractivity contribution is 7.99. The second kappa shape index (κ2) is 9.24. The number of nitriles is 1. The molecule has 0 amide bonds. The molecule has 0 aliphatic heterocycles. The summed E-state index contributed by atoms with van der Waals surface area (Å²) in [7, 11) is 0. The predicted octanol–water partition coefficient (Wildman–Crippen LogP) is 4.71. The largest absolute Gasteiger partial charge is 0.493 e. The van der Waals surface area contributed by atoms with Crippen molar-refractivity contribution in [1.82, 2.24) is 14.8 Å². The van der Waals surface area contributed by atoms with Gasteiger partial charge < -0.3 is 9.30 Å². The number of aryl methyl sites for hydroxylation is 1. The van der Waals surface area contributed by atoms with E-state index < -0.39 is 0 Å². The van der Waals surface area contributed by atoms with E-state index in [1.165, 1.54) is 5.56 Å². The van der Waals surface area contributed by atoms with Crippen LogP contribution in [0, 0.1) is 18.3 Å². The molecule has 27 heavy (non-hydrogen) atoms. The molecule has 2 aromatic carbocycles. The first-order valence-corrected chi connectivity index (χ1v) is 9.96. The van der Waals surface area contributed by atoms with Crippen LogP contribution in [-0.2, 0) is 6.54 Å². The second-order valence-corrected chi connectivity index (χ2v) is 7.22. The summed E-state index contributed by atoms with van der Waals surface area (Å²) in [6.07, 6.45) is 1.02.